The van der Waals surface area contributed by atoms with E-state index < -0.39 is 0 Å². The largest absolute Gasteiger partial charge is 0.497 e. The molecule has 0 N–H and O–H groups in total. The Bertz CT molecular complexity index is 704. The van der Waals surface area contributed by atoms with E-state index in [0.29, 0.717) is 5.56 Å². The van der Waals surface area contributed by atoms with E-state index in [1.54, 1.807) is 49.6 Å². The predicted molar refractivity (Wildman–Crippen MR) is 82.1 cm³/mol. The van der Waals surface area contributed by atoms with Crippen LogP contribution in [0.5, 0.6) is 5.75 Å². The molecule has 3 nitrogen and oxygen atoms in total. The summed E-state index contributed by atoms with van der Waals surface area (Å²) < 4.78 is 5.08. The summed E-state index contributed by atoms with van der Waals surface area (Å²) in [7, 11) is 1.59. The molecule has 0 spiro atoms. The summed E-state index contributed by atoms with van der Waals surface area (Å²) in [5, 5.41) is 9.21. The first-order valence-corrected chi connectivity index (χ1v) is 6.51. The topological polar surface area (TPSA) is 50.1 Å². The van der Waals surface area contributed by atoms with Crippen molar-refractivity contribution >= 4 is 11.9 Å². The molecule has 0 saturated carbocycles. The molecule has 0 aromatic heterocycles. The highest BCUT2D eigenvalue weighted by molar-refractivity contribution is 6.14. The number of allylic oxidation sites excluding steroid dienone is 1. The molecule has 0 fully saturated rings. The summed E-state index contributed by atoms with van der Waals surface area (Å²) in [6, 6.07) is 16.3. The number of hydrogen-bond acceptors (Lipinski definition) is 3. The molecule has 0 aliphatic heterocycles. The van der Waals surface area contributed by atoms with Gasteiger partial charge in [-0.25, -0.2) is 0 Å². The van der Waals surface area contributed by atoms with Crippen LogP contribution in [0.15, 0.2) is 54.1 Å². The Kier molecular flexibility index (Phi) is 4.53. The zero-order valence-electron chi connectivity index (χ0n) is 12.0. The van der Waals surface area contributed by atoms with Crippen LogP contribution in [0.2, 0.25) is 0 Å². The van der Waals surface area contributed by atoms with Crippen molar-refractivity contribution in [1.82, 2.24) is 0 Å². The SMILES string of the molecule is COc1ccc(C=C(C#N)C(=O)c2ccc(C)cc2)cc1. The van der Waals surface area contributed by atoms with E-state index in [1.807, 2.05) is 25.1 Å². The second-order valence-electron chi connectivity index (χ2n) is 4.64. The first-order chi connectivity index (χ1) is 10.1. The number of methoxy groups -OCH3 is 1. The van der Waals surface area contributed by atoms with E-state index in [2.05, 4.69) is 0 Å². The van der Waals surface area contributed by atoms with E-state index in [0.717, 1.165) is 16.9 Å². The smallest absolute Gasteiger partial charge is 0.203 e. The maximum absolute atomic E-state index is 12.3. The summed E-state index contributed by atoms with van der Waals surface area (Å²) in [6.45, 7) is 1.95. The van der Waals surface area contributed by atoms with Crippen LogP contribution in [0.1, 0.15) is 21.5 Å². The van der Waals surface area contributed by atoms with Gasteiger partial charge in [0.2, 0.25) is 5.78 Å². The standard InChI is InChI=1S/C18H15NO2/c1-13-3-7-15(8-4-13)18(20)16(12-19)11-14-5-9-17(21-2)10-6-14/h3-11H,1-2H3. The van der Waals surface area contributed by atoms with Crippen LogP contribution < -0.4 is 4.74 Å². The van der Waals surface area contributed by atoms with Crippen molar-refractivity contribution in [2.75, 3.05) is 7.11 Å². The van der Waals surface area contributed by atoms with E-state index in [4.69, 9.17) is 4.74 Å². The minimum absolute atomic E-state index is 0.115. The van der Waals surface area contributed by atoms with E-state index in [1.165, 1.54) is 0 Å². The van der Waals surface area contributed by atoms with Crippen LogP contribution in [0.4, 0.5) is 0 Å². The molecule has 0 unspecified atom stereocenters. The van der Waals surface area contributed by atoms with Crippen molar-refractivity contribution in [3.05, 3.63) is 70.8 Å². The van der Waals surface area contributed by atoms with Crippen molar-refractivity contribution in [2.24, 2.45) is 0 Å². The van der Waals surface area contributed by atoms with Gasteiger partial charge in [-0.1, -0.05) is 42.0 Å². The lowest BCUT2D eigenvalue weighted by Crippen LogP contribution is -2.01. The quantitative estimate of drug-likeness (QED) is 0.485. The number of ether oxygens (including phenoxy) is 1. The molecule has 104 valence electrons. The van der Waals surface area contributed by atoms with E-state index >= 15 is 0 Å². The highest BCUT2D eigenvalue weighted by Gasteiger charge is 2.11. The van der Waals surface area contributed by atoms with Crippen molar-refractivity contribution in [2.45, 2.75) is 6.92 Å². The molecular formula is C18H15NO2. The van der Waals surface area contributed by atoms with Gasteiger partial charge in [0.05, 0.1) is 7.11 Å². The van der Waals surface area contributed by atoms with Crippen LogP contribution >= 0.6 is 0 Å². The normalized spacial score (nSPS) is 10.8. The Morgan fingerprint density at radius 1 is 1.10 bits per heavy atom. The van der Waals surface area contributed by atoms with Crippen LogP contribution in [-0.4, -0.2) is 12.9 Å². The molecule has 2 aromatic carbocycles. The molecule has 0 radical (unpaired) electrons. The fourth-order valence-corrected chi connectivity index (χ4v) is 1.88. The van der Waals surface area contributed by atoms with Gasteiger partial charge in [0.1, 0.15) is 17.4 Å². The molecule has 0 aliphatic rings. The number of benzene rings is 2. The number of carbonyl (C=O) groups excluding carboxylic acids is 1. The zero-order chi connectivity index (χ0) is 15.2. The first-order valence-electron chi connectivity index (χ1n) is 6.51. The highest BCUT2D eigenvalue weighted by atomic mass is 16.5. The Balaban J connectivity index is 2.29. The average molecular weight is 277 g/mol. The van der Waals surface area contributed by atoms with Crippen LogP contribution in [0, 0.1) is 18.3 Å². The maximum Gasteiger partial charge on any atom is 0.203 e. The lowest BCUT2D eigenvalue weighted by Gasteiger charge is -2.02. The third kappa shape index (κ3) is 3.58. The summed E-state index contributed by atoms with van der Waals surface area (Å²) >= 11 is 0. The Labute approximate surface area is 124 Å². The molecule has 21 heavy (non-hydrogen) atoms. The average Bonchev–Trinajstić information content (AvgIpc) is 2.53. The first kappa shape index (κ1) is 14.5. The molecular weight excluding hydrogens is 262 g/mol. The molecule has 2 aromatic rings. The van der Waals surface area contributed by atoms with Crippen molar-refractivity contribution in [1.29, 1.82) is 5.26 Å². The van der Waals surface area contributed by atoms with Crippen LogP contribution in [0.25, 0.3) is 6.08 Å². The van der Waals surface area contributed by atoms with Gasteiger partial charge in [0.25, 0.3) is 0 Å². The second-order valence-corrected chi connectivity index (χ2v) is 4.64. The van der Waals surface area contributed by atoms with Gasteiger partial charge in [0, 0.05) is 5.56 Å². The molecule has 3 heteroatoms. The fraction of sp³-hybridized carbons (Fsp3) is 0.111. The van der Waals surface area contributed by atoms with Crippen LogP contribution in [0.3, 0.4) is 0 Å². The van der Waals surface area contributed by atoms with Gasteiger partial charge >= 0.3 is 0 Å². The monoisotopic (exact) mass is 277 g/mol. The van der Waals surface area contributed by atoms with Gasteiger partial charge in [0.15, 0.2) is 0 Å². The Morgan fingerprint density at radius 3 is 2.24 bits per heavy atom. The summed E-state index contributed by atoms with van der Waals surface area (Å²) in [4.78, 5) is 12.3. The number of Topliss-reactive ketones (excluding diaryl/α,β-unsaturated/α-hetero) is 1. The number of hydrogen-bond donors (Lipinski definition) is 0. The zero-order valence-corrected chi connectivity index (χ0v) is 12.0. The number of rotatable bonds is 4. The lowest BCUT2D eigenvalue weighted by atomic mass is 10.0. The summed E-state index contributed by atoms with van der Waals surface area (Å²) in [5.74, 6) is 0.462. The minimum atomic E-state index is -0.270. The number of nitrogens with zero attached hydrogens (tertiary/aromatic N) is 1. The lowest BCUT2D eigenvalue weighted by molar-refractivity contribution is 0.104. The Hall–Kier alpha value is -2.86. The third-order valence-corrected chi connectivity index (χ3v) is 3.11. The van der Waals surface area contributed by atoms with Gasteiger partial charge in [-0.15, -0.1) is 0 Å². The van der Waals surface area contributed by atoms with Gasteiger partial charge in [-0.05, 0) is 30.7 Å². The Morgan fingerprint density at radius 2 is 1.71 bits per heavy atom. The second kappa shape index (κ2) is 6.53. The van der Waals surface area contributed by atoms with Gasteiger partial charge < -0.3 is 4.74 Å². The molecule has 0 bridgehead atoms. The molecule has 0 heterocycles. The number of aryl methyl sites for hydroxylation is 1. The van der Waals surface area contributed by atoms with Gasteiger partial charge in [-0.3, -0.25) is 4.79 Å². The van der Waals surface area contributed by atoms with Crippen LogP contribution in [-0.2, 0) is 0 Å². The molecule has 0 aliphatic carbocycles. The van der Waals surface area contributed by atoms with E-state index in [-0.39, 0.29) is 11.4 Å². The highest BCUT2D eigenvalue weighted by Crippen LogP contribution is 2.16. The minimum Gasteiger partial charge on any atom is -0.497 e. The molecule has 2 rings (SSSR count). The summed E-state index contributed by atoms with van der Waals surface area (Å²) in [6.07, 6.45) is 1.58. The van der Waals surface area contributed by atoms with Crippen molar-refractivity contribution in [3.63, 3.8) is 0 Å². The van der Waals surface area contributed by atoms with Gasteiger partial charge in [-0.2, -0.15) is 5.26 Å². The maximum atomic E-state index is 12.3. The third-order valence-electron chi connectivity index (χ3n) is 3.11. The number of nitriles is 1. The predicted octanol–water partition coefficient (Wildman–Crippen LogP) is 3.79. The molecule has 0 amide bonds. The van der Waals surface area contributed by atoms with Crippen molar-refractivity contribution < 1.29 is 9.53 Å². The molecule has 0 saturated heterocycles. The fourth-order valence-electron chi connectivity index (χ4n) is 1.88. The number of carbonyl (C=O) groups is 1. The molecule has 0 atom stereocenters. The number of ketones is 1. The summed E-state index contributed by atoms with van der Waals surface area (Å²) in [5.41, 5.74) is 2.49. The van der Waals surface area contributed by atoms with E-state index in [9.17, 15) is 10.1 Å². The van der Waals surface area contributed by atoms with Crippen molar-refractivity contribution in [3.8, 4) is 11.8 Å².